The zero-order valence-corrected chi connectivity index (χ0v) is 12.5. The first-order valence-corrected chi connectivity index (χ1v) is 7.52. The number of nitrogens with zero attached hydrogens (tertiary/aromatic N) is 4. The van der Waals surface area contributed by atoms with Crippen LogP contribution in [-0.2, 0) is 6.54 Å². The third-order valence-corrected chi connectivity index (χ3v) is 4.19. The minimum Gasteiger partial charge on any atom is -0.372 e. The number of aryl methyl sites for hydroxylation is 2. The van der Waals surface area contributed by atoms with Gasteiger partial charge in [-0.15, -0.1) is 4.68 Å². The van der Waals surface area contributed by atoms with Crippen molar-refractivity contribution in [2.75, 3.05) is 18.0 Å². The van der Waals surface area contributed by atoms with Gasteiger partial charge in [0.2, 0.25) is 0 Å². The highest BCUT2D eigenvalue weighted by molar-refractivity contribution is 5.92. The molecule has 0 amide bonds. The number of benzene rings is 1. The van der Waals surface area contributed by atoms with Gasteiger partial charge in [0.05, 0.1) is 0 Å². The van der Waals surface area contributed by atoms with Gasteiger partial charge in [0.15, 0.2) is 0 Å². The van der Waals surface area contributed by atoms with E-state index >= 15 is 0 Å². The molecule has 0 saturated carbocycles. The molecule has 1 saturated heterocycles. The Bertz CT molecular complexity index is 687. The molecule has 2 heterocycles. The summed E-state index contributed by atoms with van der Waals surface area (Å²) in [6, 6.07) is 4.04. The van der Waals surface area contributed by atoms with Crippen LogP contribution in [0.4, 0.5) is 11.5 Å². The van der Waals surface area contributed by atoms with Crippen LogP contribution in [0.5, 0.6) is 0 Å². The minimum absolute atomic E-state index is 0.106. The molecular formula is C15H20N4O2. The summed E-state index contributed by atoms with van der Waals surface area (Å²) in [6.45, 7) is 6.41. The molecule has 112 valence electrons. The first-order valence-electron chi connectivity index (χ1n) is 7.52. The molecule has 6 nitrogen and oxygen atoms in total. The molecule has 2 aromatic rings. The Labute approximate surface area is 123 Å². The molecule has 0 N–H and O–H groups in total. The number of aromatic nitrogens is 2. The summed E-state index contributed by atoms with van der Waals surface area (Å²) in [5, 5.41) is 16.4. The molecule has 1 aliphatic rings. The molecule has 0 atom stereocenters. The molecule has 0 bridgehead atoms. The van der Waals surface area contributed by atoms with Crippen molar-refractivity contribution < 1.29 is 4.92 Å². The van der Waals surface area contributed by atoms with Crippen molar-refractivity contribution in [2.45, 2.75) is 39.7 Å². The van der Waals surface area contributed by atoms with Gasteiger partial charge >= 0.3 is 5.82 Å². The van der Waals surface area contributed by atoms with Gasteiger partial charge in [-0.1, -0.05) is 5.10 Å². The van der Waals surface area contributed by atoms with E-state index < -0.39 is 0 Å². The van der Waals surface area contributed by atoms with E-state index in [1.54, 1.807) is 0 Å². The summed E-state index contributed by atoms with van der Waals surface area (Å²) in [4.78, 5) is 13.4. The van der Waals surface area contributed by atoms with Crippen LogP contribution in [0.25, 0.3) is 10.9 Å². The zero-order valence-electron chi connectivity index (χ0n) is 12.5. The molecule has 1 aliphatic heterocycles. The fourth-order valence-electron chi connectivity index (χ4n) is 3.12. The second-order valence-corrected chi connectivity index (χ2v) is 5.60. The summed E-state index contributed by atoms with van der Waals surface area (Å²) in [6.07, 6.45) is 3.65. The first-order chi connectivity index (χ1) is 10.1. The van der Waals surface area contributed by atoms with E-state index in [1.165, 1.54) is 23.9 Å². The van der Waals surface area contributed by atoms with Crippen molar-refractivity contribution in [3.8, 4) is 0 Å². The highest BCUT2D eigenvalue weighted by atomic mass is 16.6. The molecule has 0 radical (unpaired) electrons. The van der Waals surface area contributed by atoms with Gasteiger partial charge in [-0.2, -0.15) is 0 Å². The summed E-state index contributed by atoms with van der Waals surface area (Å²) in [5.41, 5.74) is 2.83. The number of hydrogen-bond donors (Lipinski definition) is 0. The van der Waals surface area contributed by atoms with Crippen LogP contribution in [-0.4, -0.2) is 27.8 Å². The zero-order chi connectivity index (χ0) is 15.0. The summed E-state index contributed by atoms with van der Waals surface area (Å²) < 4.78 is 1.48. The number of nitro groups is 1. The van der Waals surface area contributed by atoms with Crippen LogP contribution in [0.2, 0.25) is 0 Å². The quantitative estimate of drug-likeness (QED) is 0.642. The molecule has 1 fully saturated rings. The van der Waals surface area contributed by atoms with Gasteiger partial charge in [0.25, 0.3) is 0 Å². The average molecular weight is 288 g/mol. The molecule has 3 rings (SSSR count). The van der Waals surface area contributed by atoms with Crippen molar-refractivity contribution in [2.24, 2.45) is 0 Å². The van der Waals surface area contributed by atoms with Gasteiger partial charge in [-0.25, -0.2) is 0 Å². The van der Waals surface area contributed by atoms with E-state index in [9.17, 15) is 10.1 Å². The predicted octanol–water partition coefficient (Wildman–Crippen LogP) is 3.26. The number of piperidine rings is 1. The minimum atomic E-state index is -0.321. The molecule has 1 aromatic heterocycles. The maximum Gasteiger partial charge on any atom is 0.352 e. The first kappa shape index (κ1) is 13.9. The number of hydrogen-bond acceptors (Lipinski definition) is 4. The number of rotatable bonds is 3. The van der Waals surface area contributed by atoms with Crippen molar-refractivity contribution in [1.82, 2.24) is 9.78 Å². The lowest BCUT2D eigenvalue weighted by Gasteiger charge is -2.29. The Balaban J connectivity index is 2.16. The van der Waals surface area contributed by atoms with Gasteiger partial charge in [0, 0.05) is 18.8 Å². The van der Waals surface area contributed by atoms with E-state index in [1.807, 2.05) is 19.9 Å². The van der Waals surface area contributed by atoms with E-state index in [0.717, 1.165) is 29.9 Å². The van der Waals surface area contributed by atoms with Crippen LogP contribution in [0, 0.1) is 17.0 Å². The summed E-state index contributed by atoms with van der Waals surface area (Å²) >= 11 is 0. The fourth-order valence-corrected chi connectivity index (χ4v) is 3.12. The van der Waals surface area contributed by atoms with Crippen molar-refractivity contribution in [3.05, 3.63) is 27.8 Å². The third-order valence-electron chi connectivity index (χ3n) is 4.19. The van der Waals surface area contributed by atoms with E-state index in [0.29, 0.717) is 11.9 Å². The molecule has 21 heavy (non-hydrogen) atoms. The van der Waals surface area contributed by atoms with Crippen molar-refractivity contribution >= 4 is 22.4 Å². The largest absolute Gasteiger partial charge is 0.372 e. The fraction of sp³-hybridized carbons (Fsp3) is 0.533. The van der Waals surface area contributed by atoms with Gasteiger partial charge in [-0.05, 0) is 55.7 Å². The molecular weight excluding hydrogens is 268 g/mol. The van der Waals surface area contributed by atoms with Gasteiger partial charge in [0.1, 0.15) is 17.4 Å². The second-order valence-electron chi connectivity index (χ2n) is 5.60. The smallest absolute Gasteiger partial charge is 0.352 e. The van der Waals surface area contributed by atoms with Crippen LogP contribution in [0.1, 0.15) is 31.7 Å². The lowest BCUT2D eigenvalue weighted by Crippen LogP contribution is -2.29. The second kappa shape index (κ2) is 5.35. The van der Waals surface area contributed by atoms with Crippen molar-refractivity contribution in [3.63, 3.8) is 0 Å². The van der Waals surface area contributed by atoms with Crippen LogP contribution in [0.15, 0.2) is 12.1 Å². The molecule has 0 unspecified atom stereocenters. The predicted molar refractivity (Wildman–Crippen MR) is 82.9 cm³/mol. The highest BCUT2D eigenvalue weighted by Gasteiger charge is 2.23. The van der Waals surface area contributed by atoms with E-state index in [2.05, 4.69) is 16.1 Å². The lowest BCUT2D eigenvalue weighted by atomic mass is 10.1. The maximum absolute atomic E-state index is 11.4. The Morgan fingerprint density at radius 2 is 2.00 bits per heavy atom. The number of fused-ring (bicyclic) bond motifs is 1. The number of anilines is 1. The van der Waals surface area contributed by atoms with Crippen LogP contribution < -0.4 is 4.90 Å². The monoisotopic (exact) mass is 288 g/mol. The standard InChI is InChI=1S/C15H20N4O2/c1-3-18-15(19(20)21)13-10-12(9-11(2)14(13)16-18)17-7-5-4-6-8-17/h9-10H,3-8H2,1-2H3. The topological polar surface area (TPSA) is 64.2 Å². The average Bonchev–Trinajstić information content (AvgIpc) is 2.87. The molecule has 0 spiro atoms. The Morgan fingerprint density at radius 3 is 2.62 bits per heavy atom. The Hall–Kier alpha value is -2.11. The summed E-state index contributed by atoms with van der Waals surface area (Å²) in [7, 11) is 0. The SMILES string of the molecule is CCn1nc2c(C)cc(N3CCCCC3)cc2c1[N+](=O)[O-]. The maximum atomic E-state index is 11.4. The Kier molecular flexibility index (Phi) is 3.53. The molecule has 0 aliphatic carbocycles. The molecule has 6 heteroatoms. The summed E-state index contributed by atoms with van der Waals surface area (Å²) in [5.74, 6) is 0.106. The third kappa shape index (κ3) is 2.34. The highest BCUT2D eigenvalue weighted by Crippen LogP contribution is 2.33. The van der Waals surface area contributed by atoms with Crippen LogP contribution >= 0.6 is 0 Å². The van der Waals surface area contributed by atoms with E-state index in [-0.39, 0.29) is 10.7 Å². The molecule has 1 aromatic carbocycles. The normalized spacial score (nSPS) is 15.6. The van der Waals surface area contributed by atoms with E-state index in [4.69, 9.17) is 0 Å². The van der Waals surface area contributed by atoms with Gasteiger partial charge in [-0.3, -0.25) is 0 Å². The van der Waals surface area contributed by atoms with Gasteiger partial charge < -0.3 is 15.0 Å². The van der Waals surface area contributed by atoms with Crippen LogP contribution in [0.3, 0.4) is 0 Å². The van der Waals surface area contributed by atoms with Crippen molar-refractivity contribution in [1.29, 1.82) is 0 Å². The Morgan fingerprint density at radius 1 is 1.29 bits per heavy atom. The lowest BCUT2D eigenvalue weighted by molar-refractivity contribution is -0.390.